The summed E-state index contributed by atoms with van der Waals surface area (Å²) in [5.74, 6) is -0.222. The van der Waals surface area contributed by atoms with E-state index in [1.165, 1.54) is 11.3 Å². The van der Waals surface area contributed by atoms with Gasteiger partial charge in [0.15, 0.2) is 0 Å². The number of nitrogens with zero attached hydrogens (tertiary/aromatic N) is 2. The first-order valence-electron chi connectivity index (χ1n) is 7.37. The standard InChI is InChI=1S/C16H17ClN2O2S/c17-13-7-3-2-6-12(13)10-14-15(20)19(16(21)22-14)11-18-8-4-1-5-9-18/h2-3,6-7,10H,1,4-5,8-9,11H2. The maximum Gasteiger partial charge on any atom is 0.294 e. The van der Waals surface area contributed by atoms with Crippen molar-refractivity contribution in [2.24, 2.45) is 0 Å². The average molecular weight is 337 g/mol. The Morgan fingerprint density at radius 1 is 1.14 bits per heavy atom. The molecule has 0 spiro atoms. The highest BCUT2D eigenvalue weighted by Crippen LogP contribution is 2.33. The van der Waals surface area contributed by atoms with Gasteiger partial charge in [0.1, 0.15) is 0 Å². The molecule has 0 atom stereocenters. The van der Waals surface area contributed by atoms with Crippen molar-refractivity contribution in [3.63, 3.8) is 0 Å². The molecule has 4 nitrogen and oxygen atoms in total. The molecule has 22 heavy (non-hydrogen) atoms. The maximum absolute atomic E-state index is 12.5. The van der Waals surface area contributed by atoms with Crippen molar-refractivity contribution in [2.45, 2.75) is 19.3 Å². The van der Waals surface area contributed by atoms with E-state index in [0.717, 1.165) is 43.3 Å². The third-order valence-corrected chi connectivity index (χ3v) is 5.11. The second-order valence-corrected chi connectivity index (χ2v) is 6.85. The summed E-state index contributed by atoms with van der Waals surface area (Å²) in [5.41, 5.74) is 0.757. The van der Waals surface area contributed by atoms with Gasteiger partial charge in [0.2, 0.25) is 0 Å². The van der Waals surface area contributed by atoms with Crippen LogP contribution in [-0.2, 0) is 4.79 Å². The number of thioether (sulfide) groups is 1. The lowest BCUT2D eigenvalue weighted by Gasteiger charge is -2.29. The largest absolute Gasteiger partial charge is 0.294 e. The fourth-order valence-corrected chi connectivity index (χ4v) is 3.67. The highest BCUT2D eigenvalue weighted by Gasteiger charge is 2.36. The van der Waals surface area contributed by atoms with Gasteiger partial charge < -0.3 is 0 Å². The molecule has 116 valence electrons. The topological polar surface area (TPSA) is 40.6 Å². The molecule has 0 radical (unpaired) electrons. The number of halogens is 1. The lowest BCUT2D eigenvalue weighted by atomic mass is 10.1. The van der Waals surface area contributed by atoms with E-state index in [9.17, 15) is 9.59 Å². The van der Waals surface area contributed by atoms with Gasteiger partial charge in [-0.25, -0.2) is 0 Å². The molecule has 0 bridgehead atoms. The summed E-state index contributed by atoms with van der Waals surface area (Å²) in [4.78, 5) is 28.5. The smallest absolute Gasteiger partial charge is 0.286 e. The normalized spacial score (nSPS) is 21.9. The quantitative estimate of drug-likeness (QED) is 0.787. The van der Waals surface area contributed by atoms with Gasteiger partial charge in [-0.3, -0.25) is 19.4 Å². The molecule has 0 aromatic heterocycles. The number of hydrogen-bond acceptors (Lipinski definition) is 4. The zero-order valence-electron chi connectivity index (χ0n) is 12.1. The number of rotatable bonds is 3. The van der Waals surface area contributed by atoms with Crippen molar-refractivity contribution in [3.05, 3.63) is 39.8 Å². The molecule has 0 N–H and O–H groups in total. The lowest BCUT2D eigenvalue weighted by molar-refractivity contribution is -0.124. The highest BCUT2D eigenvalue weighted by molar-refractivity contribution is 8.18. The minimum absolute atomic E-state index is 0.200. The van der Waals surface area contributed by atoms with Crippen LogP contribution >= 0.6 is 23.4 Å². The van der Waals surface area contributed by atoms with Crippen LogP contribution in [0.5, 0.6) is 0 Å². The third kappa shape index (κ3) is 3.37. The molecule has 1 aromatic carbocycles. The second kappa shape index (κ2) is 6.86. The van der Waals surface area contributed by atoms with E-state index in [-0.39, 0.29) is 11.1 Å². The van der Waals surface area contributed by atoms with Gasteiger partial charge in [0.05, 0.1) is 11.6 Å². The third-order valence-electron chi connectivity index (χ3n) is 3.86. The number of carbonyl (C=O) groups excluding carboxylic acids is 2. The summed E-state index contributed by atoms with van der Waals surface area (Å²) in [6, 6.07) is 7.30. The number of amides is 2. The first kappa shape index (κ1) is 15.6. The first-order chi connectivity index (χ1) is 10.6. The lowest BCUT2D eigenvalue weighted by Crippen LogP contribution is -2.42. The Morgan fingerprint density at radius 2 is 1.86 bits per heavy atom. The van der Waals surface area contributed by atoms with Gasteiger partial charge in [-0.05, 0) is 55.4 Å². The van der Waals surface area contributed by atoms with Gasteiger partial charge in [-0.2, -0.15) is 0 Å². The summed E-state index contributed by atoms with van der Waals surface area (Å²) in [6.45, 7) is 2.29. The van der Waals surface area contributed by atoms with Crippen molar-refractivity contribution >= 4 is 40.6 Å². The van der Waals surface area contributed by atoms with Crippen molar-refractivity contribution < 1.29 is 9.59 Å². The van der Waals surface area contributed by atoms with Crippen LogP contribution in [0.15, 0.2) is 29.2 Å². The number of benzene rings is 1. The highest BCUT2D eigenvalue weighted by atomic mass is 35.5. The Bertz CT molecular complexity index is 626. The summed E-state index contributed by atoms with van der Waals surface area (Å²) in [5, 5.41) is 0.374. The van der Waals surface area contributed by atoms with E-state index in [2.05, 4.69) is 4.90 Å². The fraction of sp³-hybridized carbons (Fsp3) is 0.375. The van der Waals surface area contributed by atoms with Gasteiger partial charge >= 0.3 is 0 Å². The number of likely N-dealkylation sites (tertiary alicyclic amines) is 1. The van der Waals surface area contributed by atoms with Gasteiger partial charge in [0, 0.05) is 5.02 Å². The maximum atomic E-state index is 12.5. The number of piperidine rings is 1. The minimum atomic E-state index is -0.222. The van der Waals surface area contributed by atoms with Crippen LogP contribution in [0.4, 0.5) is 4.79 Å². The fourth-order valence-electron chi connectivity index (χ4n) is 2.66. The Kier molecular flexibility index (Phi) is 4.86. The molecule has 1 aromatic rings. The Hall–Kier alpha value is -1.30. The molecule has 3 rings (SSSR count). The van der Waals surface area contributed by atoms with E-state index in [1.54, 1.807) is 12.1 Å². The molecule has 0 saturated carbocycles. The van der Waals surface area contributed by atoms with Crippen LogP contribution < -0.4 is 0 Å². The van der Waals surface area contributed by atoms with E-state index < -0.39 is 0 Å². The van der Waals surface area contributed by atoms with Crippen molar-refractivity contribution in [1.82, 2.24) is 9.80 Å². The summed E-state index contributed by atoms with van der Waals surface area (Å²) >= 11 is 7.09. The predicted octanol–water partition coefficient (Wildman–Crippen LogP) is 3.82. The molecule has 2 fully saturated rings. The number of hydrogen-bond donors (Lipinski definition) is 0. The summed E-state index contributed by atoms with van der Waals surface area (Å²) < 4.78 is 0. The van der Waals surface area contributed by atoms with E-state index >= 15 is 0 Å². The van der Waals surface area contributed by atoms with Crippen LogP contribution in [0.25, 0.3) is 6.08 Å². The van der Waals surface area contributed by atoms with Gasteiger partial charge in [-0.15, -0.1) is 0 Å². The Morgan fingerprint density at radius 3 is 2.59 bits per heavy atom. The molecular formula is C16H17ClN2O2S. The van der Waals surface area contributed by atoms with Crippen LogP contribution in [0.3, 0.4) is 0 Å². The Balaban J connectivity index is 1.75. The van der Waals surface area contributed by atoms with Gasteiger partial charge in [0.25, 0.3) is 11.1 Å². The molecule has 2 saturated heterocycles. The van der Waals surface area contributed by atoms with Crippen LogP contribution in [-0.4, -0.2) is 40.7 Å². The van der Waals surface area contributed by atoms with Crippen LogP contribution in [0.2, 0.25) is 5.02 Å². The van der Waals surface area contributed by atoms with Crippen molar-refractivity contribution in [3.8, 4) is 0 Å². The molecular weight excluding hydrogens is 320 g/mol. The minimum Gasteiger partial charge on any atom is -0.286 e. The zero-order valence-corrected chi connectivity index (χ0v) is 13.7. The average Bonchev–Trinajstić information content (AvgIpc) is 2.78. The van der Waals surface area contributed by atoms with E-state index in [4.69, 9.17) is 11.6 Å². The summed E-state index contributed by atoms with van der Waals surface area (Å²) in [7, 11) is 0. The van der Waals surface area contributed by atoms with E-state index in [1.807, 2.05) is 18.2 Å². The SMILES string of the molecule is O=C1SC(=Cc2ccccc2Cl)C(=O)N1CN1CCCCC1. The second-order valence-electron chi connectivity index (χ2n) is 5.45. The molecule has 2 amide bonds. The van der Waals surface area contributed by atoms with Crippen LogP contribution in [0, 0.1) is 0 Å². The monoisotopic (exact) mass is 336 g/mol. The van der Waals surface area contributed by atoms with Gasteiger partial charge in [-0.1, -0.05) is 36.2 Å². The summed E-state index contributed by atoms with van der Waals surface area (Å²) in [6.07, 6.45) is 5.19. The molecule has 2 heterocycles. The molecule has 6 heteroatoms. The first-order valence-corrected chi connectivity index (χ1v) is 8.57. The predicted molar refractivity (Wildman–Crippen MR) is 89.6 cm³/mol. The molecule has 0 unspecified atom stereocenters. The number of imide groups is 1. The molecule has 0 aliphatic carbocycles. The van der Waals surface area contributed by atoms with Crippen molar-refractivity contribution in [2.75, 3.05) is 19.8 Å². The van der Waals surface area contributed by atoms with Crippen LogP contribution in [0.1, 0.15) is 24.8 Å². The Labute approximate surface area is 139 Å². The number of carbonyl (C=O) groups is 2. The molecule has 2 aliphatic rings. The zero-order chi connectivity index (χ0) is 15.5. The van der Waals surface area contributed by atoms with Crippen molar-refractivity contribution in [1.29, 1.82) is 0 Å². The molecule has 2 aliphatic heterocycles. The van der Waals surface area contributed by atoms with E-state index in [0.29, 0.717) is 16.6 Å².